The lowest BCUT2D eigenvalue weighted by atomic mass is 9.77. The van der Waals surface area contributed by atoms with E-state index in [0.29, 0.717) is 24.3 Å². The molecule has 1 fully saturated rings. The Morgan fingerprint density at radius 3 is 2.62 bits per heavy atom. The molecule has 4 unspecified atom stereocenters. The van der Waals surface area contributed by atoms with Crippen molar-refractivity contribution in [2.24, 2.45) is 11.8 Å². The smallest absolute Gasteiger partial charge is 0.321 e. The standard InChI is InChI=1S/C18H25NO2/c1-12-7-8-13(2)16(9-12)19-11-15-6-4-3-5-14(15)10-17(19)18(20)21/h3-6,12-13,16-17H,7-11H2,1-2H3,(H,20,21). The SMILES string of the molecule is CC1CCC(C)C(N2Cc3ccccc3CC2C(=O)O)C1. The number of carbonyl (C=O) groups is 1. The van der Waals surface area contributed by atoms with Gasteiger partial charge in [-0.25, -0.2) is 0 Å². The summed E-state index contributed by atoms with van der Waals surface area (Å²) in [5.41, 5.74) is 2.51. The summed E-state index contributed by atoms with van der Waals surface area (Å²) in [7, 11) is 0. The van der Waals surface area contributed by atoms with Crippen LogP contribution < -0.4 is 0 Å². The van der Waals surface area contributed by atoms with Gasteiger partial charge < -0.3 is 5.11 Å². The molecule has 1 aliphatic carbocycles. The second-order valence-electron chi connectivity index (χ2n) is 6.96. The number of rotatable bonds is 2. The number of hydrogen-bond acceptors (Lipinski definition) is 2. The van der Waals surface area contributed by atoms with Crippen molar-refractivity contribution in [3.05, 3.63) is 35.4 Å². The molecule has 0 saturated heterocycles. The van der Waals surface area contributed by atoms with E-state index in [4.69, 9.17) is 0 Å². The molecule has 0 aromatic heterocycles. The Bertz CT molecular complexity index is 528. The lowest BCUT2D eigenvalue weighted by Crippen LogP contribution is -2.54. The number of aliphatic carboxylic acids is 1. The van der Waals surface area contributed by atoms with Crippen molar-refractivity contribution in [3.8, 4) is 0 Å². The van der Waals surface area contributed by atoms with E-state index in [2.05, 4.69) is 36.9 Å². The zero-order valence-corrected chi connectivity index (χ0v) is 13.0. The Labute approximate surface area is 127 Å². The van der Waals surface area contributed by atoms with Crippen molar-refractivity contribution in [2.45, 2.75) is 58.2 Å². The van der Waals surface area contributed by atoms with Gasteiger partial charge >= 0.3 is 5.97 Å². The quantitative estimate of drug-likeness (QED) is 0.907. The van der Waals surface area contributed by atoms with Crippen LogP contribution in [0.5, 0.6) is 0 Å². The van der Waals surface area contributed by atoms with Gasteiger partial charge in [-0.1, -0.05) is 44.5 Å². The van der Waals surface area contributed by atoms with E-state index in [-0.39, 0.29) is 6.04 Å². The van der Waals surface area contributed by atoms with E-state index >= 15 is 0 Å². The third-order valence-electron chi connectivity index (χ3n) is 5.41. The number of nitrogens with zero attached hydrogens (tertiary/aromatic N) is 1. The van der Waals surface area contributed by atoms with Gasteiger partial charge in [-0.3, -0.25) is 9.69 Å². The minimum atomic E-state index is -0.671. The molecule has 2 aliphatic rings. The fourth-order valence-corrected chi connectivity index (χ4v) is 4.09. The summed E-state index contributed by atoms with van der Waals surface area (Å²) in [6.07, 6.45) is 4.27. The molecule has 1 aliphatic heterocycles. The van der Waals surface area contributed by atoms with Crippen molar-refractivity contribution in [2.75, 3.05) is 0 Å². The maximum absolute atomic E-state index is 11.8. The normalized spacial score (nSPS) is 33.4. The predicted octanol–water partition coefficient (Wildman–Crippen LogP) is 3.32. The Morgan fingerprint density at radius 2 is 1.90 bits per heavy atom. The zero-order valence-electron chi connectivity index (χ0n) is 13.0. The Balaban J connectivity index is 1.90. The molecule has 4 atom stereocenters. The average molecular weight is 287 g/mol. The highest BCUT2D eigenvalue weighted by Gasteiger charge is 2.39. The molecule has 1 N–H and O–H groups in total. The van der Waals surface area contributed by atoms with Gasteiger partial charge in [-0.05, 0) is 42.2 Å². The van der Waals surface area contributed by atoms with E-state index < -0.39 is 5.97 Å². The fraction of sp³-hybridized carbons (Fsp3) is 0.611. The first kappa shape index (κ1) is 14.6. The van der Waals surface area contributed by atoms with Gasteiger partial charge in [-0.15, -0.1) is 0 Å². The highest BCUT2D eigenvalue weighted by atomic mass is 16.4. The molecule has 3 heteroatoms. The third-order valence-corrected chi connectivity index (χ3v) is 5.41. The van der Waals surface area contributed by atoms with Gasteiger partial charge in [0.15, 0.2) is 0 Å². The summed E-state index contributed by atoms with van der Waals surface area (Å²) >= 11 is 0. The first-order chi connectivity index (χ1) is 10.1. The minimum Gasteiger partial charge on any atom is -0.480 e. The summed E-state index contributed by atoms with van der Waals surface area (Å²) < 4.78 is 0. The van der Waals surface area contributed by atoms with Crippen molar-refractivity contribution >= 4 is 5.97 Å². The van der Waals surface area contributed by atoms with Crippen LogP contribution in [0.25, 0.3) is 0 Å². The average Bonchev–Trinajstić information content (AvgIpc) is 2.48. The van der Waals surface area contributed by atoms with Crippen molar-refractivity contribution < 1.29 is 9.90 Å². The lowest BCUT2D eigenvalue weighted by Gasteiger charge is -2.45. The summed E-state index contributed by atoms with van der Waals surface area (Å²) in [5.74, 6) is 0.626. The van der Waals surface area contributed by atoms with Crippen LogP contribution in [-0.2, 0) is 17.8 Å². The molecule has 1 heterocycles. The van der Waals surface area contributed by atoms with Crippen LogP contribution in [0.2, 0.25) is 0 Å². The van der Waals surface area contributed by atoms with Crippen LogP contribution in [0.3, 0.4) is 0 Å². The fourth-order valence-electron chi connectivity index (χ4n) is 4.09. The number of hydrogen-bond donors (Lipinski definition) is 1. The highest BCUT2D eigenvalue weighted by molar-refractivity contribution is 5.74. The Morgan fingerprint density at radius 1 is 1.19 bits per heavy atom. The van der Waals surface area contributed by atoms with Crippen molar-refractivity contribution in [1.82, 2.24) is 4.90 Å². The van der Waals surface area contributed by atoms with Gasteiger partial charge in [0.05, 0.1) is 0 Å². The molecule has 1 saturated carbocycles. The molecule has 114 valence electrons. The number of fused-ring (bicyclic) bond motifs is 1. The van der Waals surface area contributed by atoms with Crippen LogP contribution in [-0.4, -0.2) is 28.1 Å². The molecular weight excluding hydrogens is 262 g/mol. The molecule has 0 amide bonds. The van der Waals surface area contributed by atoms with Crippen LogP contribution in [0.15, 0.2) is 24.3 Å². The first-order valence-electron chi connectivity index (χ1n) is 8.11. The van der Waals surface area contributed by atoms with Gasteiger partial charge in [0.25, 0.3) is 0 Å². The van der Waals surface area contributed by atoms with Gasteiger partial charge in [0.2, 0.25) is 0 Å². The number of benzene rings is 1. The topological polar surface area (TPSA) is 40.5 Å². The molecule has 0 bridgehead atoms. The molecule has 1 aromatic rings. The van der Waals surface area contributed by atoms with Crippen LogP contribution in [0.4, 0.5) is 0 Å². The zero-order chi connectivity index (χ0) is 15.0. The van der Waals surface area contributed by atoms with Gasteiger partial charge in [0, 0.05) is 12.6 Å². The summed E-state index contributed by atoms with van der Waals surface area (Å²) in [4.78, 5) is 14.0. The second kappa shape index (κ2) is 5.80. The number of carboxylic acids is 1. The molecule has 0 spiro atoms. The summed E-state index contributed by atoms with van der Waals surface area (Å²) in [6, 6.07) is 8.34. The summed E-state index contributed by atoms with van der Waals surface area (Å²) in [6.45, 7) is 5.37. The molecule has 3 rings (SSSR count). The van der Waals surface area contributed by atoms with Gasteiger partial charge in [0.1, 0.15) is 6.04 Å². The Kier molecular flexibility index (Phi) is 4.03. The van der Waals surface area contributed by atoms with E-state index in [1.54, 1.807) is 0 Å². The van der Waals surface area contributed by atoms with Crippen molar-refractivity contribution in [1.29, 1.82) is 0 Å². The van der Waals surface area contributed by atoms with Crippen molar-refractivity contribution in [3.63, 3.8) is 0 Å². The molecular formula is C18H25NO2. The monoisotopic (exact) mass is 287 g/mol. The van der Waals surface area contributed by atoms with Crippen LogP contribution in [0, 0.1) is 11.8 Å². The summed E-state index contributed by atoms with van der Waals surface area (Å²) in [5, 5.41) is 9.68. The molecule has 0 radical (unpaired) electrons. The third kappa shape index (κ3) is 2.84. The maximum atomic E-state index is 11.8. The molecule has 1 aromatic carbocycles. The van der Waals surface area contributed by atoms with E-state index in [9.17, 15) is 9.90 Å². The highest BCUT2D eigenvalue weighted by Crippen LogP contribution is 2.36. The van der Waals surface area contributed by atoms with E-state index in [1.807, 2.05) is 6.07 Å². The largest absolute Gasteiger partial charge is 0.480 e. The van der Waals surface area contributed by atoms with Gasteiger partial charge in [-0.2, -0.15) is 0 Å². The predicted molar refractivity (Wildman–Crippen MR) is 83.1 cm³/mol. The van der Waals surface area contributed by atoms with E-state index in [1.165, 1.54) is 24.0 Å². The van der Waals surface area contributed by atoms with Crippen LogP contribution >= 0.6 is 0 Å². The first-order valence-corrected chi connectivity index (χ1v) is 8.11. The minimum absolute atomic E-state index is 0.363. The molecule has 21 heavy (non-hydrogen) atoms. The number of carboxylic acid groups (broad SMARTS) is 1. The second-order valence-corrected chi connectivity index (χ2v) is 6.96. The lowest BCUT2D eigenvalue weighted by molar-refractivity contribution is -0.146. The Hall–Kier alpha value is -1.35. The van der Waals surface area contributed by atoms with Crippen LogP contribution in [0.1, 0.15) is 44.2 Å². The van der Waals surface area contributed by atoms with E-state index in [0.717, 1.165) is 13.0 Å². The maximum Gasteiger partial charge on any atom is 0.321 e. The molecule has 3 nitrogen and oxygen atoms in total.